The quantitative estimate of drug-likeness (QED) is 0.542. The van der Waals surface area contributed by atoms with Gasteiger partial charge in [-0.1, -0.05) is 0 Å². The van der Waals surface area contributed by atoms with Crippen LogP contribution in [0.4, 0.5) is 0 Å². The van der Waals surface area contributed by atoms with Crippen molar-refractivity contribution >= 4 is 11.8 Å². The third-order valence-electron chi connectivity index (χ3n) is 1.59. The van der Waals surface area contributed by atoms with Gasteiger partial charge in [0, 0.05) is 20.2 Å². The Labute approximate surface area is 95.7 Å². The molecule has 94 valence electrons. The van der Waals surface area contributed by atoms with Crippen LogP contribution in [-0.2, 0) is 19.1 Å². The average molecular weight is 232 g/mol. The molecule has 0 radical (unpaired) electrons. The van der Waals surface area contributed by atoms with E-state index in [0.29, 0.717) is 13.1 Å². The van der Waals surface area contributed by atoms with Crippen LogP contribution in [0, 0.1) is 0 Å². The van der Waals surface area contributed by atoms with Crippen molar-refractivity contribution in [2.24, 2.45) is 0 Å². The van der Waals surface area contributed by atoms with Crippen LogP contribution in [0.25, 0.3) is 0 Å². The molecule has 0 spiro atoms. The van der Waals surface area contributed by atoms with Crippen molar-refractivity contribution in [3.8, 4) is 0 Å². The van der Waals surface area contributed by atoms with Crippen LogP contribution in [0.5, 0.6) is 0 Å². The minimum absolute atomic E-state index is 0.0321. The molecule has 6 heteroatoms. The molecule has 0 fully saturated rings. The van der Waals surface area contributed by atoms with Gasteiger partial charge in [0.25, 0.3) is 0 Å². The minimum atomic E-state index is -0.199. The first-order valence-corrected chi connectivity index (χ1v) is 5.20. The molecule has 0 heterocycles. The molecule has 0 atom stereocenters. The number of carbonyl (C=O) groups excluding carboxylic acids is 2. The number of nitrogens with one attached hydrogen (secondary N) is 2. The summed E-state index contributed by atoms with van der Waals surface area (Å²) in [6, 6.07) is 0. The van der Waals surface area contributed by atoms with E-state index in [0.717, 1.165) is 0 Å². The van der Waals surface area contributed by atoms with Crippen LogP contribution in [0.2, 0.25) is 0 Å². The third-order valence-corrected chi connectivity index (χ3v) is 1.59. The van der Waals surface area contributed by atoms with Crippen molar-refractivity contribution in [3.05, 3.63) is 0 Å². The number of hydrogen-bond acceptors (Lipinski definition) is 4. The van der Waals surface area contributed by atoms with E-state index < -0.39 is 0 Å². The van der Waals surface area contributed by atoms with Gasteiger partial charge in [-0.3, -0.25) is 9.59 Å². The molecule has 0 saturated heterocycles. The fourth-order valence-electron chi connectivity index (χ4n) is 0.879. The van der Waals surface area contributed by atoms with Gasteiger partial charge in [-0.15, -0.1) is 0 Å². The third kappa shape index (κ3) is 9.42. The Balaban J connectivity index is 3.37. The summed E-state index contributed by atoms with van der Waals surface area (Å²) in [5.41, 5.74) is 0. The first-order valence-electron chi connectivity index (χ1n) is 5.20. The lowest BCUT2D eigenvalue weighted by Crippen LogP contribution is -2.37. The summed E-state index contributed by atoms with van der Waals surface area (Å²) >= 11 is 0. The molecule has 0 aliphatic carbocycles. The molecule has 6 nitrogen and oxygen atoms in total. The zero-order valence-electron chi connectivity index (χ0n) is 10.0. The summed E-state index contributed by atoms with van der Waals surface area (Å²) in [4.78, 5) is 22.1. The van der Waals surface area contributed by atoms with Gasteiger partial charge in [-0.05, 0) is 13.8 Å². The van der Waals surface area contributed by atoms with Crippen molar-refractivity contribution in [3.63, 3.8) is 0 Å². The Bertz CT molecular complexity index is 219. The van der Waals surface area contributed by atoms with Gasteiger partial charge in [-0.2, -0.15) is 0 Å². The molecule has 2 N–H and O–H groups in total. The zero-order chi connectivity index (χ0) is 12.4. The number of hydrogen-bond donors (Lipinski definition) is 2. The van der Waals surface area contributed by atoms with Crippen molar-refractivity contribution in [2.75, 3.05) is 33.4 Å². The van der Waals surface area contributed by atoms with Crippen LogP contribution in [0.15, 0.2) is 0 Å². The van der Waals surface area contributed by atoms with E-state index in [9.17, 15) is 9.59 Å². The lowest BCUT2D eigenvalue weighted by atomic mass is 10.5. The molecule has 16 heavy (non-hydrogen) atoms. The Kier molecular flexibility index (Phi) is 8.46. The first kappa shape index (κ1) is 14.9. The van der Waals surface area contributed by atoms with E-state index in [1.807, 2.05) is 13.8 Å². The topological polar surface area (TPSA) is 76.7 Å². The average Bonchev–Trinajstić information content (AvgIpc) is 2.22. The molecule has 0 unspecified atom stereocenters. The van der Waals surface area contributed by atoms with E-state index in [1.165, 1.54) is 7.11 Å². The second kappa shape index (κ2) is 9.11. The molecule has 0 aromatic carbocycles. The molecule has 0 aromatic rings. The summed E-state index contributed by atoms with van der Waals surface area (Å²) < 4.78 is 9.73. The highest BCUT2D eigenvalue weighted by molar-refractivity contribution is 5.78. The van der Waals surface area contributed by atoms with Crippen LogP contribution in [0.3, 0.4) is 0 Å². The van der Waals surface area contributed by atoms with Gasteiger partial charge in [0.15, 0.2) is 0 Å². The highest BCUT2D eigenvalue weighted by Crippen LogP contribution is 1.85. The SMILES string of the molecule is COCC(=O)NCCNC(=O)COC(C)C. The highest BCUT2D eigenvalue weighted by Gasteiger charge is 2.03. The number of carbonyl (C=O) groups is 2. The highest BCUT2D eigenvalue weighted by atomic mass is 16.5. The smallest absolute Gasteiger partial charge is 0.246 e. The van der Waals surface area contributed by atoms with Gasteiger partial charge in [0.1, 0.15) is 13.2 Å². The lowest BCUT2D eigenvalue weighted by Gasteiger charge is -2.08. The molecule has 2 amide bonds. The van der Waals surface area contributed by atoms with E-state index >= 15 is 0 Å². The second-order valence-corrected chi connectivity index (χ2v) is 3.49. The Hall–Kier alpha value is -1.14. The monoisotopic (exact) mass is 232 g/mol. The minimum Gasteiger partial charge on any atom is -0.375 e. The van der Waals surface area contributed by atoms with Crippen molar-refractivity contribution in [1.82, 2.24) is 10.6 Å². The van der Waals surface area contributed by atoms with E-state index in [-0.39, 0.29) is 31.1 Å². The van der Waals surface area contributed by atoms with Crippen LogP contribution >= 0.6 is 0 Å². The summed E-state index contributed by atoms with van der Waals surface area (Å²) in [6.45, 7) is 4.57. The predicted molar refractivity (Wildman–Crippen MR) is 59.0 cm³/mol. The van der Waals surface area contributed by atoms with Gasteiger partial charge < -0.3 is 20.1 Å². The molecule has 0 aliphatic heterocycles. The van der Waals surface area contributed by atoms with Crippen molar-refractivity contribution < 1.29 is 19.1 Å². The fourth-order valence-corrected chi connectivity index (χ4v) is 0.879. The number of methoxy groups -OCH3 is 1. The van der Waals surface area contributed by atoms with Crippen molar-refractivity contribution in [1.29, 1.82) is 0 Å². The maximum atomic E-state index is 11.1. The molecule has 0 aromatic heterocycles. The molecular formula is C10H20N2O4. The van der Waals surface area contributed by atoms with Crippen LogP contribution in [-0.4, -0.2) is 51.3 Å². The van der Waals surface area contributed by atoms with Crippen LogP contribution < -0.4 is 10.6 Å². The largest absolute Gasteiger partial charge is 0.375 e. The maximum absolute atomic E-state index is 11.1. The van der Waals surface area contributed by atoms with E-state index in [4.69, 9.17) is 4.74 Å². The Morgan fingerprint density at radius 1 is 1.06 bits per heavy atom. The lowest BCUT2D eigenvalue weighted by molar-refractivity contribution is -0.128. The number of amides is 2. The molecule has 0 rings (SSSR count). The number of ether oxygens (including phenoxy) is 2. The van der Waals surface area contributed by atoms with Gasteiger partial charge in [0.05, 0.1) is 6.10 Å². The van der Waals surface area contributed by atoms with Crippen LogP contribution in [0.1, 0.15) is 13.8 Å². The Morgan fingerprint density at radius 3 is 2.00 bits per heavy atom. The maximum Gasteiger partial charge on any atom is 0.246 e. The zero-order valence-corrected chi connectivity index (χ0v) is 10.0. The molecule has 0 saturated carbocycles. The van der Waals surface area contributed by atoms with Crippen molar-refractivity contribution in [2.45, 2.75) is 20.0 Å². The summed E-state index contributed by atoms with van der Waals surface area (Å²) in [5, 5.41) is 5.20. The molecular weight excluding hydrogens is 212 g/mol. The summed E-state index contributed by atoms with van der Waals surface area (Å²) in [7, 11) is 1.45. The standard InChI is InChI=1S/C10H20N2O4/c1-8(2)16-7-10(14)12-5-4-11-9(13)6-15-3/h8H,4-7H2,1-3H3,(H,11,13)(H,12,14). The number of rotatable bonds is 8. The molecule has 0 bridgehead atoms. The first-order chi connectivity index (χ1) is 7.56. The summed E-state index contributed by atoms with van der Waals surface area (Å²) in [6.07, 6.45) is 0.0344. The van der Waals surface area contributed by atoms with E-state index in [1.54, 1.807) is 0 Å². The van der Waals surface area contributed by atoms with Gasteiger partial charge in [0.2, 0.25) is 11.8 Å². The summed E-state index contributed by atoms with van der Waals surface area (Å²) in [5.74, 6) is -0.384. The van der Waals surface area contributed by atoms with Gasteiger partial charge >= 0.3 is 0 Å². The predicted octanol–water partition coefficient (Wildman–Crippen LogP) is -0.710. The molecule has 0 aliphatic rings. The normalized spacial score (nSPS) is 10.2. The second-order valence-electron chi connectivity index (χ2n) is 3.49. The van der Waals surface area contributed by atoms with Gasteiger partial charge in [-0.25, -0.2) is 0 Å². The van der Waals surface area contributed by atoms with E-state index in [2.05, 4.69) is 15.4 Å². The Morgan fingerprint density at radius 2 is 1.56 bits per heavy atom. The fraction of sp³-hybridized carbons (Fsp3) is 0.800.